The summed E-state index contributed by atoms with van der Waals surface area (Å²) in [5.74, 6) is -0.249. The fraction of sp³-hybridized carbons (Fsp3) is 0.0625. The summed E-state index contributed by atoms with van der Waals surface area (Å²) < 4.78 is 7.89. The SMILES string of the molecule is O=C(NN=Cc1cc([N+](=O)[O-])ccc1O)c1ccc(Cn2cc(Br)cn2)o1. The molecule has 10 nitrogen and oxygen atoms in total. The molecule has 0 fully saturated rings. The Balaban J connectivity index is 1.63. The zero-order chi connectivity index (χ0) is 19.4. The first kappa shape index (κ1) is 18.3. The number of amides is 1. The van der Waals surface area contributed by atoms with Crippen LogP contribution in [0.3, 0.4) is 0 Å². The Hall–Kier alpha value is -3.47. The first-order chi connectivity index (χ1) is 12.9. The van der Waals surface area contributed by atoms with E-state index in [1.807, 2.05) is 0 Å². The Morgan fingerprint density at radius 1 is 1.44 bits per heavy atom. The summed E-state index contributed by atoms with van der Waals surface area (Å²) >= 11 is 3.29. The number of nitro benzene ring substituents is 1. The summed E-state index contributed by atoms with van der Waals surface area (Å²) in [6.07, 6.45) is 4.50. The van der Waals surface area contributed by atoms with Crippen molar-refractivity contribution in [2.45, 2.75) is 6.54 Å². The van der Waals surface area contributed by atoms with Crippen molar-refractivity contribution in [3.8, 4) is 5.75 Å². The highest BCUT2D eigenvalue weighted by Gasteiger charge is 2.12. The number of nitrogens with zero attached hydrogens (tertiary/aromatic N) is 4. The van der Waals surface area contributed by atoms with Gasteiger partial charge in [-0.25, -0.2) is 5.43 Å². The van der Waals surface area contributed by atoms with Crippen LogP contribution in [0.5, 0.6) is 5.75 Å². The van der Waals surface area contributed by atoms with Crippen LogP contribution in [0.1, 0.15) is 21.9 Å². The van der Waals surface area contributed by atoms with Crippen molar-refractivity contribution in [3.63, 3.8) is 0 Å². The molecule has 27 heavy (non-hydrogen) atoms. The molecule has 0 saturated heterocycles. The molecule has 0 aliphatic carbocycles. The lowest BCUT2D eigenvalue weighted by Gasteiger charge is -2.00. The number of carbonyl (C=O) groups excluding carboxylic acids is 1. The number of phenolic OH excluding ortho intramolecular Hbond substituents is 1. The van der Waals surface area contributed by atoms with Crippen LogP contribution in [0.4, 0.5) is 5.69 Å². The molecule has 0 spiro atoms. The van der Waals surface area contributed by atoms with E-state index in [1.54, 1.807) is 23.1 Å². The molecule has 0 unspecified atom stereocenters. The van der Waals surface area contributed by atoms with Crippen molar-refractivity contribution in [2.24, 2.45) is 5.10 Å². The van der Waals surface area contributed by atoms with Crippen LogP contribution >= 0.6 is 15.9 Å². The number of rotatable bonds is 6. The van der Waals surface area contributed by atoms with Crippen LogP contribution in [-0.2, 0) is 6.54 Å². The third-order valence-corrected chi connectivity index (χ3v) is 3.81. The van der Waals surface area contributed by atoms with E-state index >= 15 is 0 Å². The van der Waals surface area contributed by atoms with Crippen LogP contribution in [0.15, 0.2) is 56.7 Å². The largest absolute Gasteiger partial charge is 0.507 e. The van der Waals surface area contributed by atoms with Gasteiger partial charge in [0.15, 0.2) is 5.76 Å². The number of non-ortho nitro benzene ring substituents is 1. The number of hydrazone groups is 1. The van der Waals surface area contributed by atoms with Crippen LogP contribution < -0.4 is 5.43 Å². The second-order valence-electron chi connectivity index (χ2n) is 5.32. The van der Waals surface area contributed by atoms with Gasteiger partial charge in [-0.05, 0) is 34.1 Å². The van der Waals surface area contributed by atoms with Gasteiger partial charge in [0.2, 0.25) is 0 Å². The summed E-state index contributed by atoms with van der Waals surface area (Å²) in [4.78, 5) is 22.2. The van der Waals surface area contributed by atoms with Crippen molar-refractivity contribution in [1.82, 2.24) is 15.2 Å². The number of benzene rings is 1. The molecule has 11 heteroatoms. The fourth-order valence-electron chi connectivity index (χ4n) is 2.14. The van der Waals surface area contributed by atoms with Gasteiger partial charge >= 0.3 is 5.91 Å². The van der Waals surface area contributed by atoms with Gasteiger partial charge in [-0.2, -0.15) is 10.2 Å². The molecule has 1 aromatic carbocycles. The molecule has 2 heterocycles. The minimum absolute atomic E-state index is 0.0386. The van der Waals surface area contributed by atoms with E-state index < -0.39 is 10.8 Å². The number of aromatic nitrogens is 2. The molecule has 3 rings (SSSR count). The number of carbonyl (C=O) groups is 1. The number of halogens is 1. The van der Waals surface area contributed by atoms with E-state index in [0.717, 1.165) is 22.8 Å². The molecular weight excluding hydrogens is 422 g/mol. The summed E-state index contributed by atoms with van der Waals surface area (Å²) in [6.45, 7) is 0.351. The number of phenols is 1. The monoisotopic (exact) mass is 433 g/mol. The molecule has 2 N–H and O–H groups in total. The van der Waals surface area contributed by atoms with Gasteiger partial charge < -0.3 is 9.52 Å². The van der Waals surface area contributed by atoms with Gasteiger partial charge in [-0.15, -0.1) is 0 Å². The second-order valence-corrected chi connectivity index (χ2v) is 6.24. The minimum Gasteiger partial charge on any atom is -0.507 e. The Bertz CT molecular complexity index is 1030. The third kappa shape index (κ3) is 4.58. The van der Waals surface area contributed by atoms with Gasteiger partial charge in [0.05, 0.1) is 28.4 Å². The highest BCUT2D eigenvalue weighted by molar-refractivity contribution is 9.10. The smallest absolute Gasteiger partial charge is 0.307 e. The van der Waals surface area contributed by atoms with Crippen molar-refractivity contribution in [1.29, 1.82) is 0 Å². The van der Waals surface area contributed by atoms with Crippen molar-refractivity contribution >= 4 is 33.7 Å². The molecule has 0 aliphatic rings. The van der Waals surface area contributed by atoms with Crippen molar-refractivity contribution < 1.29 is 19.2 Å². The molecule has 0 aliphatic heterocycles. The van der Waals surface area contributed by atoms with E-state index in [9.17, 15) is 20.0 Å². The summed E-state index contributed by atoms with van der Waals surface area (Å²) in [5.41, 5.74) is 2.12. The molecule has 138 valence electrons. The topological polar surface area (TPSA) is 136 Å². The molecule has 0 radical (unpaired) electrons. The maximum absolute atomic E-state index is 12.0. The van der Waals surface area contributed by atoms with Crippen molar-refractivity contribution in [2.75, 3.05) is 0 Å². The third-order valence-electron chi connectivity index (χ3n) is 3.40. The van der Waals surface area contributed by atoms with Gasteiger partial charge in [0, 0.05) is 23.9 Å². The first-order valence-electron chi connectivity index (χ1n) is 7.50. The van der Waals surface area contributed by atoms with Gasteiger partial charge in [-0.3, -0.25) is 19.6 Å². The summed E-state index contributed by atoms with van der Waals surface area (Å²) in [6, 6.07) is 6.60. The highest BCUT2D eigenvalue weighted by Crippen LogP contribution is 2.21. The summed E-state index contributed by atoms with van der Waals surface area (Å²) in [7, 11) is 0. The first-order valence-corrected chi connectivity index (χ1v) is 8.29. The summed E-state index contributed by atoms with van der Waals surface area (Å²) in [5, 5.41) is 28.2. The lowest BCUT2D eigenvalue weighted by Crippen LogP contribution is -2.16. The lowest BCUT2D eigenvalue weighted by molar-refractivity contribution is -0.384. The van der Waals surface area contributed by atoms with Gasteiger partial charge in [0.25, 0.3) is 5.69 Å². The van der Waals surface area contributed by atoms with Crippen LogP contribution in [0, 0.1) is 10.1 Å². The van der Waals surface area contributed by atoms with Crippen molar-refractivity contribution in [3.05, 3.63) is 74.4 Å². The second kappa shape index (κ2) is 7.83. The normalized spacial score (nSPS) is 11.0. The Morgan fingerprint density at radius 3 is 2.96 bits per heavy atom. The van der Waals surface area contributed by atoms with Gasteiger partial charge in [0.1, 0.15) is 11.5 Å². The number of furan rings is 1. The van der Waals surface area contributed by atoms with Crippen LogP contribution in [-0.4, -0.2) is 31.9 Å². The number of hydrogen-bond acceptors (Lipinski definition) is 7. The number of nitrogens with one attached hydrogen (secondary N) is 1. The van der Waals surface area contributed by atoms with Crippen LogP contribution in [0.2, 0.25) is 0 Å². The predicted octanol–water partition coefficient (Wildman–Crippen LogP) is 2.66. The standard InChI is InChI=1S/C16H12BrN5O5/c17-11-7-19-21(8-11)9-13-2-4-15(27-13)16(24)20-18-6-10-5-12(22(25)26)1-3-14(10)23/h1-8,23H,9H2,(H,20,24). The molecule has 0 saturated carbocycles. The minimum atomic E-state index is -0.607. The fourth-order valence-corrected chi connectivity index (χ4v) is 2.47. The number of aromatic hydroxyl groups is 1. The molecular formula is C16H12BrN5O5. The Morgan fingerprint density at radius 2 is 2.26 bits per heavy atom. The maximum Gasteiger partial charge on any atom is 0.307 e. The average molecular weight is 434 g/mol. The Kier molecular flexibility index (Phi) is 5.31. The quantitative estimate of drug-likeness (QED) is 0.348. The molecule has 2 aromatic heterocycles. The highest BCUT2D eigenvalue weighted by atomic mass is 79.9. The van der Waals surface area contributed by atoms with Gasteiger partial charge in [-0.1, -0.05) is 0 Å². The van der Waals surface area contributed by atoms with E-state index in [4.69, 9.17) is 4.42 Å². The van der Waals surface area contributed by atoms with E-state index in [2.05, 4.69) is 31.6 Å². The molecule has 0 bridgehead atoms. The molecule has 0 atom stereocenters. The van der Waals surface area contributed by atoms with Crippen LogP contribution in [0.25, 0.3) is 0 Å². The van der Waals surface area contributed by atoms with E-state index in [1.165, 1.54) is 12.1 Å². The lowest BCUT2D eigenvalue weighted by atomic mass is 10.2. The average Bonchev–Trinajstić information content (AvgIpc) is 3.25. The van der Waals surface area contributed by atoms with E-state index in [-0.39, 0.29) is 22.8 Å². The zero-order valence-corrected chi connectivity index (χ0v) is 15.2. The Labute approximate surface area is 160 Å². The van der Waals surface area contributed by atoms with E-state index in [0.29, 0.717) is 12.3 Å². The molecule has 1 amide bonds. The maximum atomic E-state index is 12.0. The zero-order valence-electron chi connectivity index (χ0n) is 13.6. The number of nitro groups is 1. The predicted molar refractivity (Wildman–Crippen MR) is 97.6 cm³/mol. The molecule has 3 aromatic rings. The number of hydrogen-bond donors (Lipinski definition) is 2.